The summed E-state index contributed by atoms with van der Waals surface area (Å²) in [7, 11) is 0. The van der Waals surface area contributed by atoms with Gasteiger partial charge in [-0.3, -0.25) is 9.59 Å². The predicted octanol–water partition coefficient (Wildman–Crippen LogP) is 3.93. The maximum Gasteiger partial charge on any atom is 0.261 e. The van der Waals surface area contributed by atoms with Gasteiger partial charge in [0.05, 0.1) is 0 Å². The van der Waals surface area contributed by atoms with E-state index in [0.717, 1.165) is 28.7 Å². The minimum Gasteiger partial charge on any atom is -0.483 e. The molecular weight excluding hydrogens is 364 g/mol. The standard InChI is InChI=1S/C24H32N2O3/c1-6-14-25-24(28)20(5)26(15-21-12-10-17(2)11-13-21)23(27)16-29-22-9-7-8-18(3)19(22)4/h7-13,20H,6,14-16H2,1-5H3,(H,25,28)/t20-/m0/s1. The second kappa shape index (κ2) is 10.6. The number of nitrogens with zero attached hydrogens (tertiary/aromatic N) is 1. The number of nitrogens with one attached hydrogen (secondary N) is 1. The molecule has 0 aromatic heterocycles. The van der Waals surface area contributed by atoms with Gasteiger partial charge in [0, 0.05) is 13.1 Å². The van der Waals surface area contributed by atoms with Crippen LogP contribution in [0.2, 0.25) is 0 Å². The SMILES string of the molecule is CCCNC(=O)[C@H](C)N(Cc1ccc(C)cc1)C(=O)COc1cccc(C)c1C. The van der Waals surface area contributed by atoms with Gasteiger partial charge >= 0.3 is 0 Å². The minimum absolute atomic E-state index is 0.110. The molecule has 2 aromatic carbocycles. The normalized spacial score (nSPS) is 11.6. The topological polar surface area (TPSA) is 58.6 Å². The Bertz CT molecular complexity index is 831. The lowest BCUT2D eigenvalue weighted by atomic mass is 10.1. The maximum atomic E-state index is 13.0. The van der Waals surface area contributed by atoms with Crippen LogP contribution >= 0.6 is 0 Å². The van der Waals surface area contributed by atoms with Crippen molar-refractivity contribution in [2.24, 2.45) is 0 Å². The molecule has 1 N–H and O–H groups in total. The van der Waals surface area contributed by atoms with Crippen LogP contribution in [0.5, 0.6) is 5.75 Å². The Labute approximate surface area is 174 Å². The van der Waals surface area contributed by atoms with Crippen LogP contribution in [0.15, 0.2) is 42.5 Å². The third-order valence-electron chi connectivity index (χ3n) is 5.10. The van der Waals surface area contributed by atoms with Crippen LogP contribution in [0.1, 0.15) is 42.5 Å². The fourth-order valence-electron chi connectivity index (χ4n) is 2.97. The summed E-state index contributed by atoms with van der Waals surface area (Å²) in [6, 6.07) is 13.2. The van der Waals surface area contributed by atoms with Gasteiger partial charge < -0.3 is 15.0 Å². The van der Waals surface area contributed by atoms with E-state index in [0.29, 0.717) is 18.8 Å². The number of ether oxygens (including phenoxy) is 1. The molecule has 0 unspecified atom stereocenters. The number of aryl methyl sites for hydroxylation is 2. The summed E-state index contributed by atoms with van der Waals surface area (Å²) in [6.07, 6.45) is 0.847. The summed E-state index contributed by atoms with van der Waals surface area (Å²) in [5.41, 5.74) is 4.25. The maximum absolute atomic E-state index is 13.0. The van der Waals surface area contributed by atoms with E-state index in [2.05, 4.69) is 5.32 Å². The van der Waals surface area contributed by atoms with Gasteiger partial charge in [-0.05, 0) is 56.9 Å². The molecule has 0 bridgehead atoms. The van der Waals surface area contributed by atoms with Crippen molar-refractivity contribution in [2.75, 3.05) is 13.2 Å². The first kappa shape index (κ1) is 22.5. The summed E-state index contributed by atoms with van der Waals surface area (Å²) in [4.78, 5) is 27.1. The van der Waals surface area contributed by atoms with E-state index in [4.69, 9.17) is 4.74 Å². The quantitative estimate of drug-likeness (QED) is 0.699. The average Bonchev–Trinajstić information content (AvgIpc) is 2.71. The molecule has 156 valence electrons. The monoisotopic (exact) mass is 396 g/mol. The molecule has 2 amide bonds. The molecule has 2 aromatic rings. The van der Waals surface area contributed by atoms with Crippen LogP contribution in [0.3, 0.4) is 0 Å². The number of carbonyl (C=O) groups is 2. The van der Waals surface area contributed by atoms with Crippen molar-refractivity contribution in [1.82, 2.24) is 10.2 Å². The summed E-state index contributed by atoms with van der Waals surface area (Å²) < 4.78 is 5.81. The second-order valence-electron chi connectivity index (χ2n) is 7.46. The van der Waals surface area contributed by atoms with Crippen LogP contribution < -0.4 is 10.1 Å². The zero-order valence-electron chi connectivity index (χ0n) is 18.1. The highest BCUT2D eigenvalue weighted by atomic mass is 16.5. The lowest BCUT2D eigenvalue weighted by molar-refractivity contribution is -0.142. The third kappa shape index (κ3) is 6.34. The Balaban J connectivity index is 2.15. The van der Waals surface area contributed by atoms with E-state index in [1.54, 1.807) is 11.8 Å². The van der Waals surface area contributed by atoms with Crippen LogP contribution in [0.4, 0.5) is 0 Å². The van der Waals surface area contributed by atoms with E-state index in [1.807, 2.05) is 70.2 Å². The first-order valence-corrected chi connectivity index (χ1v) is 10.1. The molecule has 0 saturated carbocycles. The first-order valence-electron chi connectivity index (χ1n) is 10.1. The molecular formula is C24H32N2O3. The molecule has 0 aliphatic carbocycles. The lowest BCUT2D eigenvalue weighted by Crippen LogP contribution is -2.49. The minimum atomic E-state index is -0.586. The molecule has 0 saturated heterocycles. The fraction of sp³-hybridized carbons (Fsp3) is 0.417. The van der Waals surface area contributed by atoms with E-state index in [1.165, 1.54) is 0 Å². The summed E-state index contributed by atoms with van der Waals surface area (Å²) >= 11 is 0. The van der Waals surface area contributed by atoms with Crippen molar-refractivity contribution in [3.8, 4) is 5.75 Å². The van der Waals surface area contributed by atoms with Crippen molar-refractivity contribution in [1.29, 1.82) is 0 Å². The lowest BCUT2D eigenvalue weighted by Gasteiger charge is -2.29. The molecule has 0 aliphatic rings. The van der Waals surface area contributed by atoms with Gasteiger partial charge in [0.2, 0.25) is 5.91 Å². The summed E-state index contributed by atoms with van der Waals surface area (Å²) in [5, 5.41) is 2.88. The highest BCUT2D eigenvalue weighted by Crippen LogP contribution is 2.21. The largest absolute Gasteiger partial charge is 0.483 e. The third-order valence-corrected chi connectivity index (χ3v) is 5.10. The van der Waals surface area contributed by atoms with Gasteiger partial charge in [0.25, 0.3) is 5.91 Å². The number of hydrogen-bond acceptors (Lipinski definition) is 3. The highest BCUT2D eigenvalue weighted by Gasteiger charge is 2.26. The zero-order valence-corrected chi connectivity index (χ0v) is 18.1. The predicted molar refractivity (Wildman–Crippen MR) is 116 cm³/mol. The molecule has 0 fully saturated rings. The van der Waals surface area contributed by atoms with Crippen molar-refractivity contribution in [3.63, 3.8) is 0 Å². The van der Waals surface area contributed by atoms with E-state index >= 15 is 0 Å². The number of hydrogen-bond donors (Lipinski definition) is 1. The number of rotatable bonds is 9. The van der Waals surface area contributed by atoms with Gasteiger partial charge in [-0.2, -0.15) is 0 Å². The Morgan fingerprint density at radius 1 is 1.07 bits per heavy atom. The van der Waals surface area contributed by atoms with Crippen LogP contribution in [-0.4, -0.2) is 35.9 Å². The molecule has 0 radical (unpaired) electrons. The fourth-order valence-corrected chi connectivity index (χ4v) is 2.97. The molecule has 29 heavy (non-hydrogen) atoms. The highest BCUT2D eigenvalue weighted by molar-refractivity contribution is 5.87. The molecule has 0 spiro atoms. The van der Waals surface area contributed by atoms with Crippen molar-refractivity contribution in [2.45, 2.75) is 53.6 Å². The molecule has 2 rings (SSSR count). The molecule has 5 heteroatoms. The van der Waals surface area contributed by atoms with E-state index in [-0.39, 0.29) is 18.4 Å². The van der Waals surface area contributed by atoms with E-state index < -0.39 is 6.04 Å². The second-order valence-corrected chi connectivity index (χ2v) is 7.46. The summed E-state index contributed by atoms with van der Waals surface area (Å²) in [6.45, 7) is 10.6. The summed E-state index contributed by atoms with van der Waals surface area (Å²) in [5.74, 6) is 0.321. The number of amides is 2. The van der Waals surface area contributed by atoms with Gasteiger partial charge in [-0.15, -0.1) is 0 Å². The molecule has 0 heterocycles. The molecule has 0 aliphatic heterocycles. The van der Waals surface area contributed by atoms with Crippen molar-refractivity contribution >= 4 is 11.8 Å². The van der Waals surface area contributed by atoms with Gasteiger partial charge in [-0.1, -0.05) is 48.9 Å². The number of carbonyl (C=O) groups excluding carboxylic acids is 2. The number of benzene rings is 2. The molecule has 1 atom stereocenters. The van der Waals surface area contributed by atoms with Gasteiger partial charge in [0.1, 0.15) is 11.8 Å². The Morgan fingerprint density at radius 3 is 2.41 bits per heavy atom. The van der Waals surface area contributed by atoms with Crippen LogP contribution in [0.25, 0.3) is 0 Å². The van der Waals surface area contributed by atoms with E-state index in [9.17, 15) is 9.59 Å². The van der Waals surface area contributed by atoms with Gasteiger partial charge in [0.15, 0.2) is 6.61 Å². The van der Waals surface area contributed by atoms with Crippen LogP contribution in [0, 0.1) is 20.8 Å². The Hall–Kier alpha value is -2.82. The zero-order chi connectivity index (χ0) is 21.4. The smallest absolute Gasteiger partial charge is 0.261 e. The van der Waals surface area contributed by atoms with Gasteiger partial charge in [-0.25, -0.2) is 0 Å². The Morgan fingerprint density at radius 2 is 1.76 bits per heavy atom. The van der Waals surface area contributed by atoms with Crippen molar-refractivity contribution < 1.29 is 14.3 Å². The molecule has 5 nitrogen and oxygen atoms in total. The first-order chi connectivity index (χ1) is 13.8. The Kier molecular flexibility index (Phi) is 8.25. The average molecular weight is 397 g/mol. The van der Waals surface area contributed by atoms with Crippen LogP contribution in [-0.2, 0) is 16.1 Å². The van der Waals surface area contributed by atoms with Crippen molar-refractivity contribution in [3.05, 3.63) is 64.7 Å².